The Labute approximate surface area is 163 Å². The molecule has 2 aromatic carbocycles. The normalized spacial score (nSPS) is 12.8. The minimum Gasteiger partial charge on any atom is -0.491 e. The van der Waals surface area contributed by atoms with Crippen molar-refractivity contribution in [3.63, 3.8) is 0 Å². The molecule has 0 aliphatic carbocycles. The van der Waals surface area contributed by atoms with E-state index in [9.17, 15) is 17.6 Å². The summed E-state index contributed by atoms with van der Waals surface area (Å²) >= 11 is 0. The Morgan fingerprint density at radius 3 is 2.50 bits per heavy atom. The molecular weight excluding hydrogens is 387 g/mol. The third kappa shape index (κ3) is 4.86. The maximum absolute atomic E-state index is 13.6. The van der Waals surface area contributed by atoms with Gasteiger partial charge in [-0.1, -0.05) is 12.1 Å². The summed E-state index contributed by atoms with van der Waals surface area (Å²) in [6.07, 6.45) is 0. The van der Waals surface area contributed by atoms with Gasteiger partial charge in [0.25, 0.3) is 0 Å². The van der Waals surface area contributed by atoms with Gasteiger partial charge in [0.1, 0.15) is 24.2 Å². The highest BCUT2D eigenvalue weighted by Crippen LogP contribution is 2.29. The van der Waals surface area contributed by atoms with Gasteiger partial charge in [0, 0.05) is 14.2 Å². The van der Waals surface area contributed by atoms with Crippen LogP contribution in [0.2, 0.25) is 0 Å². The number of halogens is 1. The number of nitrogens with zero attached hydrogens (tertiary/aromatic N) is 1. The summed E-state index contributed by atoms with van der Waals surface area (Å²) < 4.78 is 50.9. The van der Waals surface area contributed by atoms with E-state index in [0.717, 1.165) is 10.4 Å². The van der Waals surface area contributed by atoms with Crippen LogP contribution in [0.25, 0.3) is 0 Å². The monoisotopic (exact) mass is 410 g/mol. The van der Waals surface area contributed by atoms with Crippen molar-refractivity contribution < 1.29 is 27.1 Å². The number of aryl methyl sites for hydroxylation is 1. The largest absolute Gasteiger partial charge is 0.491 e. The predicted molar refractivity (Wildman–Crippen MR) is 102 cm³/mol. The third-order valence-electron chi connectivity index (χ3n) is 4.17. The number of amides is 1. The molecule has 7 nitrogen and oxygen atoms in total. The summed E-state index contributed by atoms with van der Waals surface area (Å²) in [5, 5.41) is 0. The Balaban J connectivity index is 2.36. The molecule has 1 atom stereocenters. The third-order valence-corrected chi connectivity index (χ3v) is 5.98. The topological polar surface area (TPSA) is 98.9 Å². The number of primary amides is 1. The van der Waals surface area contributed by atoms with Crippen molar-refractivity contribution in [1.29, 1.82) is 0 Å². The molecule has 1 amide bonds. The Kier molecular flexibility index (Phi) is 7.11. The molecule has 0 bridgehead atoms. The zero-order valence-electron chi connectivity index (χ0n) is 15.9. The van der Waals surface area contributed by atoms with Crippen molar-refractivity contribution in [2.75, 3.05) is 27.4 Å². The molecule has 0 aliphatic heterocycles. The van der Waals surface area contributed by atoms with Crippen molar-refractivity contribution in [2.24, 2.45) is 5.73 Å². The number of nitrogens with two attached hydrogens (primary N) is 1. The molecule has 0 fully saturated rings. The average molecular weight is 410 g/mol. The molecule has 0 spiro atoms. The fourth-order valence-corrected chi connectivity index (χ4v) is 4.12. The smallest absolute Gasteiger partial charge is 0.243 e. The fourth-order valence-electron chi connectivity index (χ4n) is 2.71. The molecule has 0 heterocycles. The summed E-state index contributed by atoms with van der Waals surface area (Å²) in [5.74, 6) is -0.980. The van der Waals surface area contributed by atoms with Crippen LogP contribution in [0.4, 0.5) is 4.39 Å². The van der Waals surface area contributed by atoms with Gasteiger partial charge in [-0.2, -0.15) is 4.31 Å². The molecule has 0 radical (unpaired) electrons. The number of methoxy groups -OCH3 is 1. The number of hydrogen-bond donors (Lipinski definition) is 1. The van der Waals surface area contributed by atoms with Crippen LogP contribution in [-0.4, -0.2) is 46.0 Å². The molecule has 2 N–H and O–H groups in total. The van der Waals surface area contributed by atoms with Crippen molar-refractivity contribution >= 4 is 15.9 Å². The summed E-state index contributed by atoms with van der Waals surface area (Å²) in [4.78, 5) is 11.9. The van der Waals surface area contributed by atoms with Gasteiger partial charge in [-0.15, -0.1) is 0 Å². The van der Waals surface area contributed by atoms with E-state index in [1.165, 1.54) is 43.4 Å². The van der Waals surface area contributed by atoms with E-state index in [-0.39, 0.29) is 10.5 Å². The Morgan fingerprint density at radius 2 is 1.93 bits per heavy atom. The summed E-state index contributed by atoms with van der Waals surface area (Å²) in [7, 11) is -1.30. The number of ether oxygens (including phenoxy) is 2. The first kappa shape index (κ1) is 21.8. The van der Waals surface area contributed by atoms with Crippen molar-refractivity contribution in [3.8, 4) is 5.75 Å². The summed E-state index contributed by atoms with van der Waals surface area (Å²) in [6.45, 7) is 2.43. The van der Waals surface area contributed by atoms with Crippen molar-refractivity contribution in [2.45, 2.75) is 17.9 Å². The van der Waals surface area contributed by atoms with Crippen LogP contribution in [0.1, 0.15) is 17.2 Å². The molecule has 0 saturated carbocycles. The highest BCUT2D eigenvalue weighted by molar-refractivity contribution is 7.89. The molecule has 0 aliphatic rings. The Hall–Kier alpha value is -2.49. The Bertz CT molecular complexity index is 949. The van der Waals surface area contributed by atoms with Gasteiger partial charge < -0.3 is 15.2 Å². The number of carbonyl (C=O) groups is 1. The number of benzene rings is 2. The highest BCUT2D eigenvalue weighted by atomic mass is 32.2. The number of hydrogen-bond acceptors (Lipinski definition) is 5. The zero-order chi connectivity index (χ0) is 20.9. The number of carbonyl (C=O) groups excluding carboxylic acids is 1. The lowest BCUT2D eigenvalue weighted by Crippen LogP contribution is -2.39. The molecule has 2 rings (SSSR count). The van der Waals surface area contributed by atoms with Crippen LogP contribution in [-0.2, 0) is 19.6 Å². The highest BCUT2D eigenvalue weighted by Gasteiger charge is 2.33. The van der Waals surface area contributed by atoms with Gasteiger partial charge in [-0.05, 0) is 48.4 Å². The van der Waals surface area contributed by atoms with Crippen molar-refractivity contribution in [1.82, 2.24) is 4.31 Å². The number of sulfonamides is 1. The van der Waals surface area contributed by atoms with E-state index in [1.54, 1.807) is 14.0 Å². The van der Waals surface area contributed by atoms with E-state index in [1.807, 2.05) is 0 Å². The molecule has 1 unspecified atom stereocenters. The van der Waals surface area contributed by atoms with Gasteiger partial charge in [0.15, 0.2) is 0 Å². The number of likely N-dealkylation sites (N-methyl/N-ethyl adjacent to an activating group) is 1. The van der Waals surface area contributed by atoms with Crippen LogP contribution in [0.15, 0.2) is 47.4 Å². The van der Waals surface area contributed by atoms with Crippen LogP contribution >= 0.6 is 0 Å². The van der Waals surface area contributed by atoms with E-state index < -0.39 is 27.8 Å². The van der Waals surface area contributed by atoms with E-state index in [4.69, 9.17) is 15.2 Å². The van der Waals surface area contributed by atoms with Gasteiger partial charge in [0.05, 0.1) is 11.5 Å². The Morgan fingerprint density at radius 1 is 1.21 bits per heavy atom. The minimum atomic E-state index is -4.08. The molecule has 0 saturated heterocycles. The maximum atomic E-state index is 13.6. The van der Waals surface area contributed by atoms with Crippen LogP contribution in [0.5, 0.6) is 5.75 Å². The zero-order valence-corrected chi connectivity index (χ0v) is 16.7. The number of rotatable bonds is 9. The molecule has 9 heteroatoms. The molecule has 2 aromatic rings. The van der Waals surface area contributed by atoms with Gasteiger partial charge in [-0.3, -0.25) is 4.79 Å². The molecule has 28 heavy (non-hydrogen) atoms. The maximum Gasteiger partial charge on any atom is 0.243 e. The quantitative estimate of drug-likeness (QED) is 0.638. The fraction of sp³-hybridized carbons (Fsp3) is 0.316. The second-order valence-electron chi connectivity index (χ2n) is 6.15. The molecule has 0 aromatic heterocycles. The second kappa shape index (κ2) is 9.13. The van der Waals surface area contributed by atoms with Gasteiger partial charge >= 0.3 is 0 Å². The van der Waals surface area contributed by atoms with Gasteiger partial charge in [0.2, 0.25) is 15.9 Å². The average Bonchev–Trinajstić information content (AvgIpc) is 2.63. The van der Waals surface area contributed by atoms with E-state index in [2.05, 4.69) is 0 Å². The van der Waals surface area contributed by atoms with Crippen molar-refractivity contribution in [3.05, 3.63) is 59.4 Å². The molecular formula is C19H23FN2O5S. The summed E-state index contributed by atoms with van der Waals surface area (Å²) in [5.41, 5.74) is 6.17. The van der Waals surface area contributed by atoms with Crippen LogP contribution in [0, 0.1) is 12.7 Å². The second-order valence-corrected chi connectivity index (χ2v) is 8.15. The first-order valence-electron chi connectivity index (χ1n) is 8.43. The van der Waals surface area contributed by atoms with Crippen LogP contribution < -0.4 is 10.5 Å². The lowest BCUT2D eigenvalue weighted by Gasteiger charge is -2.25. The SMILES string of the molecule is COCCOc1ccc(S(=O)(=O)N(C)C(C(N)=O)c2cccc(F)c2)cc1C. The predicted octanol–water partition coefficient (Wildman–Crippen LogP) is 2.01. The first-order valence-corrected chi connectivity index (χ1v) is 9.87. The minimum absolute atomic E-state index is 0.0331. The lowest BCUT2D eigenvalue weighted by molar-refractivity contribution is -0.121. The lowest BCUT2D eigenvalue weighted by atomic mass is 10.1. The van der Waals surface area contributed by atoms with Crippen LogP contribution in [0.3, 0.4) is 0 Å². The van der Waals surface area contributed by atoms with E-state index >= 15 is 0 Å². The van der Waals surface area contributed by atoms with Gasteiger partial charge in [-0.25, -0.2) is 12.8 Å². The standard InChI is InChI=1S/C19H23FN2O5S/c1-13-11-16(7-8-17(13)27-10-9-26-3)28(24,25)22(2)18(19(21)23)14-5-4-6-15(20)12-14/h4-8,11-12,18H,9-10H2,1-3H3,(H2,21,23). The first-order chi connectivity index (χ1) is 13.2. The molecule has 152 valence electrons. The summed E-state index contributed by atoms with van der Waals surface area (Å²) in [6, 6.07) is 8.12. The van der Waals surface area contributed by atoms with E-state index in [0.29, 0.717) is 24.5 Å².